The lowest BCUT2D eigenvalue weighted by atomic mass is 9.85. The molecule has 2 aliphatic rings. The summed E-state index contributed by atoms with van der Waals surface area (Å²) in [5.74, 6) is 1.75. The predicted molar refractivity (Wildman–Crippen MR) is 88.4 cm³/mol. The molecule has 134 valence electrons. The van der Waals surface area contributed by atoms with Crippen molar-refractivity contribution in [1.82, 2.24) is 20.8 Å². The molecular weight excluding hydrogens is 308 g/mol. The summed E-state index contributed by atoms with van der Waals surface area (Å²) in [6.07, 6.45) is 6.89. The monoisotopic (exact) mass is 336 g/mol. The van der Waals surface area contributed by atoms with E-state index in [2.05, 4.69) is 20.8 Å². The van der Waals surface area contributed by atoms with Crippen molar-refractivity contribution in [2.75, 3.05) is 6.54 Å². The third kappa shape index (κ3) is 4.26. The molecule has 1 heterocycles. The summed E-state index contributed by atoms with van der Waals surface area (Å²) in [4.78, 5) is 16.7. The molecule has 7 nitrogen and oxygen atoms in total. The Bertz CT molecular complexity index is 562. The average Bonchev–Trinajstić information content (AvgIpc) is 3.29. The summed E-state index contributed by atoms with van der Waals surface area (Å²) in [5.41, 5.74) is -0.771. The Morgan fingerprint density at radius 3 is 2.67 bits per heavy atom. The molecule has 3 N–H and O–H groups in total. The van der Waals surface area contributed by atoms with E-state index in [1.165, 1.54) is 0 Å². The van der Waals surface area contributed by atoms with Crippen LogP contribution in [-0.2, 0) is 0 Å². The maximum atomic E-state index is 12.2. The fourth-order valence-corrected chi connectivity index (χ4v) is 3.22. The van der Waals surface area contributed by atoms with Crippen LogP contribution in [0.5, 0.6) is 0 Å². The van der Waals surface area contributed by atoms with Crippen molar-refractivity contribution < 1.29 is 14.4 Å². The molecule has 0 radical (unpaired) electrons. The first kappa shape index (κ1) is 17.2. The fourth-order valence-electron chi connectivity index (χ4n) is 3.22. The van der Waals surface area contributed by atoms with Gasteiger partial charge in [-0.2, -0.15) is 4.98 Å². The molecule has 2 aliphatic carbocycles. The van der Waals surface area contributed by atoms with Gasteiger partial charge in [0.1, 0.15) is 6.04 Å². The van der Waals surface area contributed by atoms with Gasteiger partial charge in [0.15, 0.2) is 5.82 Å². The number of nitrogens with one attached hydrogen (secondary N) is 2. The van der Waals surface area contributed by atoms with Gasteiger partial charge in [-0.1, -0.05) is 38.3 Å². The molecule has 1 atom stereocenters. The van der Waals surface area contributed by atoms with Crippen LogP contribution in [0.2, 0.25) is 0 Å². The van der Waals surface area contributed by atoms with Crippen LogP contribution < -0.4 is 10.6 Å². The fraction of sp³-hybridized carbons (Fsp3) is 0.824. The highest BCUT2D eigenvalue weighted by atomic mass is 16.5. The summed E-state index contributed by atoms with van der Waals surface area (Å²) >= 11 is 0. The second-order valence-corrected chi connectivity index (χ2v) is 7.60. The Hall–Kier alpha value is -1.63. The highest BCUT2D eigenvalue weighted by Crippen LogP contribution is 2.38. The summed E-state index contributed by atoms with van der Waals surface area (Å²) in [6, 6.07) is -0.634. The van der Waals surface area contributed by atoms with E-state index in [9.17, 15) is 9.90 Å². The second kappa shape index (κ2) is 7.09. The number of aliphatic hydroxyl groups is 1. The van der Waals surface area contributed by atoms with Gasteiger partial charge < -0.3 is 20.3 Å². The molecule has 0 aromatic carbocycles. The normalized spacial score (nSPS) is 21.5. The van der Waals surface area contributed by atoms with Crippen molar-refractivity contribution in [1.29, 1.82) is 0 Å². The lowest BCUT2D eigenvalue weighted by molar-refractivity contribution is 0.00706. The molecule has 24 heavy (non-hydrogen) atoms. The maximum Gasteiger partial charge on any atom is 0.315 e. The van der Waals surface area contributed by atoms with E-state index in [-0.39, 0.29) is 24.5 Å². The Balaban J connectivity index is 1.55. The minimum absolute atomic E-state index is 0.126. The molecule has 0 bridgehead atoms. The SMILES string of the molecule is CC(C)C(NC(=O)NCC1(O)CCCCC1)c1nc(C2CC2)no1. The maximum absolute atomic E-state index is 12.2. The smallest absolute Gasteiger partial charge is 0.315 e. The van der Waals surface area contributed by atoms with Gasteiger partial charge in [0.2, 0.25) is 5.89 Å². The molecule has 0 spiro atoms. The van der Waals surface area contributed by atoms with E-state index in [0.29, 0.717) is 11.8 Å². The molecule has 7 heteroatoms. The lowest BCUT2D eigenvalue weighted by Gasteiger charge is -2.32. The third-order valence-corrected chi connectivity index (χ3v) is 4.98. The Kier molecular flexibility index (Phi) is 5.08. The van der Waals surface area contributed by atoms with E-state index in [1.807, 2.05) is 13.8 Å². The average molecular weight is 336 g/mol. The number of hydrogen-bond acceptors (Lipinski definition) is 5. The van der Waals surface area contributed by atoms with Gasteiger partial charge in [-0.05, 0) is 31.6 Å². The van der Waals surface area contributed by atoms with Crippen molar-refractivity contribution in [2.45, 2.75) is 76.4 Å². The highest BCUT2D eigenvalue weighted by molar-refractivity contribution is 5.74. The number of carbonyl (C=O) groups is 1. The van der Waals surface area contributed by atoms with Gasteiger partial charge in [0.25, 0.3) is 0 Å². The van der Waals surface area contributed by atoms with Crippen molar-refractivity contribution >= 4 is 6.03 Å². The summed E-state index contributed by atoms with van der Waals surface area (Å²) in [7, 11) is 0. The van der Waals surface area contributed by atoms with Crippen molar-refractivity contribution in [2.24, 2.45) is 5.92 Å². The van der Waals surface area contributed by atoms with Gasteiger partial charge in [-0.15, -0.1) is 0 Å². The minimum atomic E-state index is -0.771. The number of rotatable bonds is 6. The van der Waals surface area contributed by atoms with E-state index in [1.54, 1.807) is 0 Å². The zero-order valence-electron chi connectivity index (χ0n) is 14.5. The van der Waals surface area contributed by atoms with Crippen LogP contribution in [0.4, 0.5) is 4.79 Å². The van der Waals surface area contributed by atoms with Gasteiger partial charge in [0.05, 0.1) is 5.60 Å². The Morgan fingerprint density at radius 2 is 2.04 bits per heavy atom. The molecule has 0 aliphatic heterocycles. The van der Waals surface area contributed by atoms with E-state index in [4.69, 9.17) is 4.52 Å². The Labute approximate surface area is 142 Å². The number of nitrogens with zero attached hydrogens (tertiary/aromatic N) is 2. The zero-order valence-corrected chi connectivity index (χ0v) is 14.5. The van der Waals surface area contributed by atoms with Crippen molar-refractivity contribution in [3.63, 3.8) is 0 Å². The van der Waals surface area contributed by atoms with Crippen LogP contribution in [0.1, 0.15) is 82.5 Å². The Morgan fingerprint density at radius 1 is 1.33 bits per heavy atom. The van der Waals surface area contributed by atoms with Crippen molar-refractivity contribution in [3.05, 3.63) is 11.7 Å². The molecule has 1 aromatic heterocycles. The largest absolute Gasteiger partial charge is 0.388 e. The molecular formula is C17H28N4O3. The van der Waals surface area contributed by atoms with Gasteiger partial charge in [0, 0.05) is 12.5 Å². The molecule has 0 saturated heterocycles. The second-order valence-electron chi connectivity index (χ2n) is 7.60. The van der Waals surface area contributed by atoms with E-state index < -0.39 is 5.60 Å². The first-order valence-electron chi connectivity index (χ1n) is 9.07. The van der Waals surface area contributed by atoms with Crippen LogP contribution in [0.3, 0.4) is 0 Å². The van der Waals surface area contributed by atoms with Crippen LogP contribution >= 0.6 is 0 Å². The molecule has 2 fully saturated rings. The topological polar surface area (TPSA) is 100 Å². The summed E-state index contributed by atoms with van der Waals surface area (Å²) in [6.45, 7) is 4.28. The van der Waals surface area contributed by atoms with E-state index in [0.717, 1.165) is 50.8 Å². The molecule has 2 saturated carbocycles. The lowest BCUT2D eigenvalue weighted by Crippen LogP contribution is -2.48. The number of amides is 2. The van der Waals surface area contributed by atoms with Crippen LogP contribution in [0, 0.1) is 5.92 Å². The van der Waals surface area contributed by atoms with Crippen LogP contribution in [-0.4, -0.2) is 33.4 Å². The van der Waals surface area contributed by atoms with Gasteiger partial charge >= 0.3 is 6.03 Å². The highest BCUT2D eigenvalue weighted by Gasteiger charge is 2.33. The first-order valence-corrected chi connectivity index (χ1v) is 9.07. The summed E-state index contributed by atoms with van der Waals surface area (Å²) in [5, 5.41) is 20.2. The number of hydrogen-bond donors (Lipinski definition) is 3. The van der Waals surface area contributed by atoms with Crippen molar-refractivity contribution in [3.8, 4) is 0 Å². The van der Waals surface area contributed by atoms with Gasteiger partial charge in [-0.3, -0.25) is 0 Å². The van der Waals surface area contributed by atoms with Gasteiger partial charge in [-0.25, -0.2) is 4.79 Å². The summed E-state index contributed by atoms with van der Waals surface area (Å²) < 4.78 is 5.35. The third-order valence-electron chi connectivity index (χ3n) is 4.98. The van der Waals surface area contributed by atoms with Crippen LogP contribution in [0.15, 0.2) is 4.52 Å². The number of carbonyl (C=O) groups excluding carboxylic acids is 1. The predicted octanol–water partition coefficient (Wildman–Crippen LogP) is 2.64. The molecule has 3 rings (SSSR count). The van der Waals surface area contributed by atoms with Crippen LogP contribution in [0.25, 0.3) is 0 Å². The standard InChI is InChI=1S/C17H28N4O3/c1-11(2)13(15-20-14(21-24-15)12-6-7-12)19-16(22)18-10-17(23)8-4-3-5-9-17/h11-13,23H,3-10H2,1-2H3,(H2,18,19,22). The molecule has 2 amide bonds. The number of aromatic nitrogens is 2. The van der Waals surface area contributed by atoms with E-state index >= 15 is 0 Å². The molecule has 1 unspecified atom stereocenters. The quantitative estimate of drug-likeness (QED) is 0.741. The zero-order chi connectivity index (χ0) is 17.2. The first-order chi connectivity index (χ1) is 11.5. The minimum Gasteiger partial charge on any atom is -0.388 e. The number of urea groups is 1. The molecule has 1 aromatic rings.